The zero-order valence-corrected chi connectivity index (χ0v) is 12.6. The molecule has 2 aromatic carbocycles. The third-order valence-corrected chi connectivity index (χ3v) is 4.44. The van der Waals surface area contributed by atoms with Gasteiger partial charge in [0.25, 0.3) is 0 Å². The van der Waals surface area contributed by atoms with Crippen molar-refractivity contribution in [3.8, 4) is 0 Å². The van der Waals surface area contributed by atoms with Crippen LogP contribution in [0, 0.1) is 0 Å². The first kappa shape index (κ1) is 13.6. The summed E-state index contributed by atoms with van der Waals surface area (Å²) in [6.07, 6.45) is 2.24. The Kier molecular flexibility index (Phi) is 3.77. The molecule has 2 nitrogen and oxygen atoms in total. The summed E-state index contributed by atoms with van der Waals surface area (Å²) in [7, 11) is 0. The van der Waals surface area contributed by atoms with Crippen molar-refractivity contribution in [2.75, 3.05) is 17.2 Å². The molecular formula is C16H16Cl2N2. The number of hydrogen-bond donors (Lipinski definition) is 1. The Bertz CT molecular complexity index is 620. The molecule has 104 valence electrons. The Morgan fingerprint density at radius 3 is 2.60 bits per heavy atom. The smallest absolute Gasteiger partial charge is 0.0470 e. The number of rotatable bonds is 2. The second-order valence-corrected chi connectivity index (χ2v) is 5.93. The van der Waals surface area contributed by atoms with Gasteiger partial charge < -0.3 is 10.6 Å². The highest BCUT2D eigenvalue weighted by Gasteiger charge is 2.19. The summed E-state index contributed by atoms with van der Waals surface area (Å²) < 4.78 is 0. The lowest BCUT2D eigenvalue weighted by molar-refractivity contribution is 0.691. The maximum Gasteiger partial charge on any atom is 0.0470 e. The van der Waals surface area contributed by atoms with E-state index in [1.54, 1.807) is 0 Å². The number of nitrogens with two attached hydrogens (primary N) is 1. The van der Waals surface area contributed by atoms with E-state index in [2.05, 4.69) is 11.0 Å². The van der Waals surface area contributed by atoms with Crippen LogP contribution in [0.1, 0.15) is 17.5 Å². The van der Waals surface area contributed by atoms with Crippen LogP contribution in [-0.4, -0.2) is 6.54 Å². The second-order valence-electron chi connectivity index (χ2n) is 5.11. The molecule has 0 unspecified atom stereocenters. The third-order valence-electron chi connectivity index (χ3n) is 3.73. The molecule has 4 heteroatoms. The summed E-state index contributed by atoms with van der Waals surface area (Å²) >= 11 is 12.5. The molecule has 3 rings (SSSR count). The van der Waals surface area contributed by atoms with Crippen LogP contribution in [0.15, 0.2) is 36.4 Å². The van der Waals surface area contributed by atoms with Gasteiger partial charge in [-0.15, -0.1) is 0 Å². The molecule has 0 bridgehead atoms. The number of nitrogens with zero attached hydrogens (tertiary/aromatic N) is 1. The SMILES string of the molecule is Nc1ccc2c(c1)N(Cc1c(Cl)cccc1Cl)CCC2. The van der Waals surface area contributed by atoms with Crippen molar-refractivity contribution in [1.82, 2.24) is 0 Å². The maximum absolute atomic E-state index is 6.27. The van der Waals surface area contributed by atoms with Gasteiger partial charge >= 0.3 is 0 Å². The summed E-state index contributed by atoms with van der Waals surface area (Å²) in [5.41, 5.74) is 10.2. The first-order valence-electron chi connectivity index (χ1n) is 6.71. The third kappa shape index (κ3) is 2.58. The van der Waals surface area contributed by atoms with Crippen LogP contribution in [0.5, 0.6) is 0 Å². The first-order valence-corrected chi connectivity index (χ1v) is 7.47. The van der Waals surface area contributed by atoms with Crippen LogP contribution < -0.4 is 10.6 Å². The van der Waals surface area contributed by atoms with Crippen LogP contribution in [-0.2, 0) is 13.0 Å². The molecule has 0 saturated heterocycles. The first-order chi connectivity index (χ1) is 9.65. The van der Waals surface area contributed by atoms with Gasteiger partial charge in [0.15, 0.2) is 0 Å². The van der Waals surface area contributed by atoms with E-state index >= 15 is 0 Å². The van der Waals surface area contributed by atoms with Gasteiger partial charge in [-0.3, -0.25) is 0 Å². The van der Waals surface area contributed by atoms with Crippen LogP contribution >= 0.6 is 23.2 Å². The fourth-order valence-electron chi connectivity index (χ4n) is 2.71. The van der Waals surface area contributed by atoms with Gasteiger partial charge in [-0.25, -0.2) is 0 Å². The number of benzene rings is 2. The van der Waals surface area contributed by atoms with Gasteiger partial charge in [0.05, 0.1) is 0 Å². The van der Waals surface area contributed by atoms with Crippen LogP contribution in [0.25, 0.3) is 0 Å². The van der Waals surface area contributed by atoms with E-state index in [1.165, 1.54) is 11.3 Å². The van der Waals surface area contributed by atoms with E-state index in [-0.39, 0.29) is 0 Å². The Balaban J connectivity index is 1.95. The lowest BCUT2D eigenvalue weighted by atomic mass is 10.0. The van der Waals surface area contributed by atoms with Gasteiger partial charge in [0.1, 0.15) is 0 Å². The monoisotopic (exact) mass is 306 g/mol. The normalized spacial score (nSPS) is 14.2. The quantitative estimate of drug-likeness (QED) is 0.826. The Morgan fingerprint density at radius 1 is 1.10 bits per heavy atom. The Labute approximate surface area is 129 Å². The van der Waals surface area contributed by atoms with Gasteiger partial charge in [0.2, 0.25) is 0 Å². The lowest BCUT2D eigenvalue weighted by Gasteiger charge is -2.32. The topological polar surface area (TPSA) is 29.3 Å². The molecule has 0 spiro atoms. The van der Waals surface area contributed by atoms with Crippen molar-refractivity contribution in [1.29, 1.82) is 0 Å². The Hall–Kier alpha value is -1.38. The highest BCUT2D eigenvalue weighted by Crippen LogP contribution is 2.33. The lowest BCUT2D eigenvalue weighted by Crippen LogP contribution is -2.29. The van der Waals surface area contributed by atoms with Gasteiger partial charge in [0, 0.05) is 40.1 Å². The Morgan fingerprint density at radius 2 is 1.85 bits per heavy atom. The van der Waals surface area contributed by atoms with Crippen molar-refractivity contribution in [2.45, 2.75) is 19.4 Å². The van der Waals surface area contributed by atoms with Crippen LogP contribution in [0.3, 0.4) is 0 Å². The fourth-order valence-corrected chi connectivity index (χ4v) is 3.22. The average Bonchev–Trinajstić information content (AvgIpc) is 2.43. The zero-order valence-electron chi connectivity index (χ0n) is 11.1. The second kappa shape index (κ2) is 5.55. The highest BCUT2D eigenvalue weighted by atomic mass is 35.5. The minimum absolute atomic E-state index is 0.716. The fraction of sp³-hybridized carbons (Fsp3) is 0.250. The predicted octanol–water partition coefficient (Wildman–Crippen LogP) is 4.53. The summed E-state index contributed by atoms with van der Waals surface area (Å²) in [6.45, 7) is 1.72. The summed E-state index contributed by atoms with van der Waals surface area (Å²) in [6, 6.07) is 11.8. The molecule has 1 aliphatic heterocycles. The molecule has 2 aromatic rings. The molecule has 0 aromatic heterocycles. The predicted molar refractivity (Wildman–Crippen MR) is 86.7 cm³/mol. The van der Waals surface area contributed by atoms with Crippen molar-refractivity contribution in [3.63, 3.8) is 0 Å². The molecule has 1 aliphatic rings. The number of fused-ring (bicyclic) bond motifs is 1. The summed E-state index contributed by atoms with van der Waals surface area (Å²) in [4.78, 5) is 2.31. The molecule has 0 amide bonds. The number of nitrogen functional groups attached to an aromatic ring is 1. The number of halogens is 2. The molecule has 20 heavy (non-hydrogen) atoms. The highest BCUT2D eigenvalue weighted by molar-refractivity contribution is 6.36. The molecule has 1 heterocycles. The van der Waals surface area contributed by atoms with Gasteiger partial charge in [-0.1, -0.05) is 35.3 Å². The van der Waals surface area contributed by atoms with Crippen molar-refractivity contribution in [2.24, 2.45) is 0 Å². The van der Waals surface area contributed by atoms with Crippen LogP contribution in [0.4, 0.5) is 11.4 Å². The number of hydrogen-bond acceptors (Lipinski definition) is 2. The van der Waals surface area contributed by atoms with Crippen molar-refractivity contribution < 1.29 is 0 Å². The van der Waals surface area contributed by atoms with E-state index in [1.807, 2.05) is 30.3 Å². The summed E-state index contributed by atoms with van der Waals surface area (Å²) in [5.74, 6) is 0. The van der Waals surface area contributed by atoms with E-state index in [0.29, 0.717) is 10.0 Å². The van der Waals surface area contributed by atoms with Crippen molar-refractivity contribution in [3.05, 3.63) is 57.6 Å². The molecule has 2 N–H and O–H groups in total. The number of aryl methyl sites for hydroxylation is 1. The molecule has 0 aliphatic carbocycles. The largest absolute Gasteiger partial charge is 0.399 e. The minimum Gasteiger partial charge on any atom is -0.399 e. The van der Waals surface area contributed by atoms with E-state index in [9.17, 15) is 0 Å². The molecule has 0 fully saturated rings. The molecule has 0 saturated carbocycles. The van der Waals surface area contributed by atoms with Gasteiger partial charge in [-0.2, -0.15) is 0 Å². The van der Waals surface area contributed by atoms with Gasteiger partial charge in [-0.05, 0) is 42.7 Å². The maximum atomic E-state index is 6.27. The van der Waals surface area contributed by atoms with Crippen LogP contribution in [0.2, 0.25) is 10.0 Å². The van der Waals surface area contributed by atoms with Crippen molar-refractivity contribution >= 4 is 34.6 Å². The van der Waals surface area contributed by atoms with E-state index in [0.717, 1.165) is 37.2 Å². The average molecular weight is 307 g/mol. The van der Waals surface area contributed by atoms with E-state index in [4.69, 9.17) is 28.9 Å². The zero-order chi connectivity index (χ0) is 14.1. The summed E-state index contributed by atoms with van der Waals surface area (Å²) in [5, 5.41) is 1.43. The van der Waals surface area contributed by atoms with E-state index < -0.39 is 0 Å². The molecule has 0 radical (unpaired) electrons. The number of anilines is 2. The minimum atomic E-state index is 0.716. The molecular weight excluding hydrogens is 291 g/mol. The molecule has 0 atom stereocenters. The standard InChI is InChI=1S/C16H16Cl2N2/c17-14-4-1-5-15(18)13(14)10-20-8-2-3-11-6-7-12(19)9-16(11)20/h1,4-7,9H,2-3,8,10,19H2.